The Kier molecular flexibility index (Phi) is 2.56. The molecule has 1 aliphatic heterocycles. The number of carboxylic acid groups (broad SMARTS) is 1. The highest BCUT2D eigenvalue weighted by Crippen LogP contribution is 2.28. The molecule has 1 N–H and O–H groups in total. The summed E-state index contributed by atoms with van der Waals surface area (Å²) in [7, 11) is 0. The third-order valence-electron chi connectivity index (χ3n) is 3.12. The number of rotatable bonds is 2. The van der Waals surface area contributed by atoms with Gasteiger partial charge in [-0.2, -0.15) is 0 Å². The molecule has 15 heavy (non-hydrogen) atoms. The van der Waals surface area contributed by atoms with E-state index in [2.05, 4.69) is 11.4 Å². The van der Waals surface area contributed by atoms with Crippen LogP contribution in [-0.2, 0) is 17.8 Å². The molecule has 1 aromatic rings. The lowest BCUT2D eigenvalue weighted by Gasteiger charge is -2.37. The van der Waals surface area contributed by atoms with Gasteiger partial charge in [-0.1, -0.05) is 0 Å². The zero-order valence-corrected chi connectivity index (χ0v) is 9.80. The molecule has 0 atom stereocenters. The van der Waals surface area contributed by atoms with Gasteiger partial charge in [0, 0.05) is 18.0 Å². The predicted molar refractivity (Wildman–Crippen MR) is 60.1 cm³/mol. The molecule has 1 aliphatic rings. The van der Waals surface area contributed by atoms with Crippen molar-refractivity contribution in [2.45, 2.75) is 32.4 Å². The van der Waals surface area contributed by atoms with Gasteiger partial charge in [-0.25, -0.2) is 0 Å². The normalized spacial score (nSPS) is 17.5. The molecule has 0 spiro atoms. The van der Waals surface area contributed by atoms with Gasteiger partial charge in [0.15, 0.2) is 0 Å². The van der Waals surface area contributed by atoms with Crippen LogP contribution >= 0.6 is 11.3 Å². The minimum absolute atomic E-state index is 0.749. The third-order valence-corrected chi connectivity index (χ3v) is 4.14. The summed E-state index contributed by atoms with van der Waals surface area (Å²) in [6.45, 7) is 5.14. The summed E-state index contributed by atoms with van der Waals surface area (Å²) in [5.41, 5.74) is 0.528. The standard InChI is InChI=1S/C11H15NO2S/c1-11(2,10(13)14)12-5-3-9-8(7-12)4-6-15-9/h4,6H,3,5,7H2,1-2H3,(H,13,14). The van der Waals surface area contributed by atoms with Gasteiger partial charge < -0.3 is 5.11 Å². The molecule has 0 saturated carbocycles. The number of carbonyl (C=O) groups is 1. The zero-order valence-electron chi connectivity index (χ0n) is 8.99. The Hall–Kier alpha value is -0.870. The first-order chi connectivity index (χ1) is 7.01. The molecule has 3 nitrogen and oxygen atoms in total. The van der Waals surface area contributed by atoms with Crippen molar-refractivity contribution < 1.29 is 9.90 Å². The van der Waals surface area contributed by atoms with E-state index < -0.39 is 11.5 Å². The van der Waals surface area contributed by atoms with Crippen LogP contribution in [-0.4, -0.2) is 28.1 Å². The molecule has 0 unspecified atom stereocenters. The second-order valence-electron chi connectivity index (χ2n) is 4.40. The summed E-state index contributed by atoms with van der Waals surface area (Å²) in [5.74, 6) is -0.749. The van der Waals surface area contributed by atoms with Crippen molar-refractivity contribution in [1.82, 2.24) is 4.90 Å². The van der Waals surface area contributed by atoms with Crippen LogP contribution in [0.15, 0.2) is 11.4 Å². The summed E-state index contributed by atoms with van der Waals surface area (Å²) in [6, 6.07) is 2.10. The van der Waals surface area contributed by atoms with E-state index in [1.54, 1.807) is 25.2 Å². The molecule has 0 bridgehead atoms. The number of thiophene rings is 1. The molecular formula is C11H15NO2S. The third kappa shape index (κ3) is 1.79. The number of hydrogen-bond donors (Lipinski definition) is 1. The van der Waals surface area contributed by atoms with E-state index in [0.717, 1.165) is 19.5 Å². The molecule has 4 heteroatoms. The maximum absolute atomic E-state index is 11.1. The molecular weight excluding hydrogens is 210 g/mol. The highest BCUT2D eigenvalue weighted by molar-refractivity contribution is 7.10. The van der Waals surface area contributed by atoms with Gasteiger partial charge >= 0.3 is 5.97 Å². The molecule has 0 aromatic carbocycles. The SMILES string of the molecule is CC(C)(C(=O)O)N1CCc2sccc2C1. The Morgan fingerprint density at radius 2 is 2.33 bits per heavy atom. The van der Waals surface area contributed by atoms with Gasteiger partial charge in [0.25, 0.3) is 0 Å². The maximum Gasteiger partial charge on any atom is 0.323 e. The second-order valence-corrected chi connectivity index (χ2v) is 5.41. The predicted octanol–water partition coefficient (Wildman–Crippen LogP) is 1.97. The topological polar surface area (TPSA) is 40.5 Å². The Labute approximate surface area is 93.3 Å². The molecule has 1 aromatic heterocycles. The molecule has 2 heterocycles. The highest BCUT2D eigenvalue weighted by atomic mass is 32.1. The smallest absolute Gasteiger partial charge is 0.323 e. The largest absolute Gasteiger partial charge is 0.480 e. The Bertz CT molecular complexity index is 384. The molecule has 2 rings (SSSR count). The van der Waals surface area contributed by atoms with E-state index in [9.17, 15) is 4.79 Å². The fraction of sp³-hybridized carbons (Fsp3) is 0.545. The summed E-state index contributed by atoms with van der Waals surface area (Å²) in [6.07, 6.45) is 0.976. The van der Waals surface area contributed by atoms with Crippen molar-refractivity contribution >= 4 is 17.3 Å². The van der Waals surface area contributed by atoms with E-state index >= 15 is 0 Å². The van der Waals surface area contributed by atoms with E-state index in [-0.39, 0.29) is 0 Å². The van der Waals surface area contributed by atoms with Crippen LogP contribution in [0.1, 0.15) is 24.3 Å². The van der Waals surface area contributed by atoms with Crippen LogP contribution in [0.2, 0.25) is 0 Å². The maximum atomic E-state index is 11.1. The van der Waals surface area contributed by atoms with E-state index in [4.69, 9.17) is 5.11 Å². The van der Waals surface area contributed by atoms with Gasteiger partial charge in [0.05, 0.1) is 0 Å². The lowest BCUT2D eigenvalue weighted by molar-refractivity contribution is -0.150. The number of nitrogens with zero attached hydrogens (tertiary/aromatic N) is 1. The number of fused-ring (bicyclic) bond motifs is 1. The molecule has 0 amide bonds. The van der Waals surface area contributed by atoms with Crippen molar-refractivity contribution in [2.24, 2.45) is 0 Å². The van der Waals surface area contributed by atoms with Gasteiger partial charge in [0.2, 0.25) is 0 Å². The number of aliphatic carboxylic acids is 1. The lowest BCUT2D eigenvalue weighted by atomic mass is 9.98. The summed E-state index contributed by atoms with van der Waals surface area (Å²) >= 11 is 1.77. The number of carboxylic acids is 1. The minimum Gasteiger partial charge on any atom is -0.480 e. The van der Waals surface area contributed by atoms with Crippen molar-refractivity contribution in [3.8, 4) is 0 Å². The minimum atomic E-state index is -0.764. The van der Waals surface area contributed by atoms with Crippen LogP contribution in [0.3, 0.4) is 0 Å². The molecule has 0 fully saturated rings. The van der Waals surface area contributed by atoms with Crippen LogP contribution in [0.25, 0.3) is 0 Å². The van der Waals surface area contributed by atoms with Crippen LogP contribution in [0, 0.1) is 0 Å². The summed E-state index contributed by atoms with van der Waals surface area (Å²) in [4.78, 5) is 14.6. The van der Waals surface area contributed by atoms with E-state index in [1.165, 1.54) is 10.4 Å². The van der Waals surface area contributed by atoms with Crippen molar-refractivity contribution in [3.05, 3.63) is 21.9 Å². The summed E-state index contributed by atoms with van der Waals surface area (Å²) < 4.78 is 0. The van der Waals surface area contributed by atoms with Crippen molar-refractivity contribution in [2.75, 3.05) is 6.54 Å². The van der Waals surface area contributed by atoms with Crippen molar-refractivity contribution in [1.29, 1.82) is 0 Å². The molecule has 0 saturated heterocycles. The van der Waals surface area contributed by atoms with Crippen LogP contribution < -0.4 is 0 Å². The van der Waals surface area contributed by atoms with Crippen molar-refractivity contribution in [3.63, 3.8) is 0 Å². The average Bonchev–Trinajstić information content (AvgIpc) is 2.63. The Balaban J connectivity index is 2.20. The Morgan fingerprint density at radius 1 is 1.60 bits per heavy atom. The van der Waals surface area contributed by atoms with Gasteiger partial charge in [-0.15, -0.1) is 11.3 Å². The Morgan fingerprint density at radius 3 is 3.00 bits per heavy atom. The quantitative estimate of drug-likeness (QED) is 0.836. The van der Waals surface area contributed by atoms with Gasteiger partial charge in [0.1, 0.15) is 5.54 Å². The monoisotopic (exact) mass is 225 g/mol. The first-order valence-electron chi connectivity index (χ1n) is 5.05. The first-order valence-corrected chi connectivity index (χ1v) is 5.93. The van der Waals surface area contributed by atoms with Gasteiger partial charge in [-0.3, -0.25) is 9.69 Å². The molecule has 0 aliphatic carbocycles. The van der Waals surface area contributed by atoms with Crippen LogP contribution in [0.5, 0.6) is 0 Å². The zero-order chi connectivity index (χ0) is 11.1. The molecule has 82 valence electrons. The van der Waals surface area contributed by atoms with E-state index in [0.29, 0.717) is 0 Å². The fourth-order valence-corrected chi connectivity index (χ4v) is 2.75. The molecule has 0 radical (unpaired) electrons. The first kappa shape index (κ1) is 10.6. The van der Waals surface area contributed by atoms with Crippen LogP contribution in [0.4, 0.5) is 0 Å². The highest BCUT2D eigenvalue weighted by Gasteiger charge is 2.36. The summed E-state index contributed by atoms with van der Waals surface area (Å²) in [5, 5.41) is 11.2. The van der Waals surface area contributed by atoms with E-state index in [1.807, 2.05) is 4.90 Å². The fourth-order valence-electron chi connectivity index (χ4n) is 1.86. The second kappa shape index (κ2) is 3.61. The van der Waals surface area contributed by atoms with Gasteiger partial charge in [-0.05, 0) is 37.3 Å². The average molecular weight is 225 g/mol. The number of hydrogen-bond acceptors (Lipinski definition) is 3. The lowest BCUT2D eigenvalue weighted by Crippen LogP contribution is -2.51.